The summed E-state index contributed by atoms with van der Waals surface area (Å²) >= 11 is 0. The number of nitrogens with zero attached hydrogens (tertiary/aromatic N) is 3. The number of nitrogens with one attached hydrogen (secondary N) is 2. The van der Waals surface area contributed by atoms with Crippen molar-refractivity contribution < 1.29 is 19.4 Å². The van der Waals surface area contributed by atoms with E-state index in [1.54, 1.807) is 0 Å². The van der Waals surface area contributed by atoms with Crippen molar-refractivity contribution in [3.8, 4) is 0 Å². The number of hydrogen-bond donors (Lipinski definition) is 2. The summed E-state index contributed by atoms with van der Waals surface area (Å²) in [5, 5.41) is 27.0. The number of non-ortho nitro benzene ring substituents is 1. The molecule has 11 heteroatoms. The summed E-state index contributed by atoms with van der Waals surface area (Å²) < 4.78 is 0. The van der Waals surface area contributed by atoms with E-state index in [-0.39, 0.29) is 17.8 Å². The van der Waals surface area contributed by atoms with Gasteiger partial charge in [-0.1, -0.05) is 0 Å². The second-order valence-corrected chi connectivity index (χ2v) is 3.94. The predicted molar refractivity (Wildman–Crippen MR) is 68.6 cm³/mol. The molecule has 2 N–H and O–H groups in total. The van der Waals surface area contributed by atoms with Crippen molar-refractivity contribution >= 4 is 34.6 Å². The molecule has 1 aromatic rings. The predicted octanol–water partition coefficient (Wildman–Crippen LogP) is 0.317. The van der Waals surface area contributed by atoms with Gasteiger partial charge in [-0.15, -0.1) is 0 Å². The average Bonchev–Trinajstić information content (AvgIpc) is 2.74. The van der Waals surface area contributed by atoms with Gasteiger partial charge in [0.25, 0.3) is 11.6 Å². The van der Waals surface area contributed by atoms with Crippen LogP contribution < -0.4 is 10.7 Å². The van der Waals surface area contributed by atoms with Gasteiger partial charge in [0.15, 0.2) is 0 Å². The number of nitro benzene ring substituents is 2. The zero-order valence-electron chi connectivity index (χ0n) is 10.2. The van der Waals surface area contributed by atoms with Crippen LogP contribution in [0.2, 0.25) is 0 Å². The van der Waals surface area contributed by atoms with Crippen LogP contribution in [-0.4, -0.2) is 27.4 Å². The monoisotopic (exact) mass is 293 g/mol. The lowest BCUT2D eigenvalue weighted by Gasteiger charge is -2.02. The van der Waals surface area contributed by atoms with E-state index in [0.29, 0.717) is 0 Å². The molecule has 1 aromatic carbocycles. The Morgan fingerprint density at radius 1 is 1.19 bits per heavy atom. The molecule has 108 valence electrons. The van der Waals surface area contributed by atoms with Gasteiger partial charge >= 0.3 is 5.69 Å². The van der Waals surface area contributed by atoms with E-state index in [4.69, 9.17) is 0 Å². The number of imide groups is 1. The number of benzene rings is 1. The van der Waals surface area contributed by atoms with Crippen LogP contribution in [0.5, 0.6) is 0 Å². The molecule has 2 amide bonds. The number of rotatable bonds is 4. The highest BCUT2D eigenvalue weighted by Gasteiger charge is 2.26. The van der Waals surface area contributed by atoms with Gasteiger partial charge in [-0.05, 0) is 6.07 Å². The highest BCUT2D eigenvalue weighted by atomic mass is 16.6. The quantitative estimate of drug-likeness (QED) is 0.459. The number of carbonyl (C=O) groups is 2. The third kappa shape index (κ3) is 2.97. The summed E-state index contributed by atoms with van der Waals surface area (Å²) in [5.74, 6) is -1.23. The van der Waals surface area contributed by atoms with Crippen LogP contribution in [0, 0.1) is 20.2 Å². The molecule has 2 rings (SSSR count). The smallest absolute Gasteiger partial charge is 0.291 e. The van der Waals surface area contributed by atoms with Crippen molar-refractivity contribution in [2.24, 2.45) is 5.10 Å². The minimum atomic E-state index is -0.824. The van der Waals surface area contributed by atoms with E-state index < -0.39 is 33.0 Å². The standard InChI is InChI=1S/C10H7N5O6/c16-9-4-7(10(17)11-9)13-12-6-2-1-5(14(18)19)3-8(6)15(20)21/h1-3,12H,4H2,(H,11,16,17)/b13-7-. The highest BCUT2D eigenvalue weighted by Crippen LogP contribution is 2.28. The molecule has 11 nitrogen and oxygen atoms in total. The first kappa shape index (κ1) is 14.0. The van der Waals surface area contributed by atoms with E-state index in [1.165, 1.54) is 0 Å². The Bertz CT molecular complexity index is 697. The van der Waals surface area contributed by atoms with Crippen molar-refractivity contribution in [3.63, 3.8) is 0 Å². The summed E-state index contributed by atoms with van der Waals surface area (Å²) in [6.07, 6.45) is -0.243. The molecule has 0 aromatic heterocycles. The Labute approximate surface area is 115 Å². The van der Waals surface area contributed by atoms with Gasteiger partial charge in [0.1, 0.15) is 11.4 Å². The van der Waals surface area contributed by atoms with Crippen molar-refractivity contribution in [1.82, 2.24) is 5.32 Å². The Hall–Kier alpha value is -3.37. The molecule has 0 radical (unpaired) electrons. The number of hydrogen-bond acceptors (Lipinski definition) is 8. The first-order valence-electron chi connectivity index (χ1n) is 5.48. The molecule has 1 heterocycles. The molecule has 21 heavy (non-hydrogen) atoms. The lowest BCUT2D eigenvalue weighted by atomic mass is 10.2. The number of nitro groups is 2. The second-order valence-electron chi connectivity index (χ2n) is 3.94. The SMILES string of the molecule is O=C1C/C(=N/Nc2ccc([N+](=O)[O-])cc2[N+](=O)[O-])C(=O)N1. The Morgan fingerprint density at radius 3 is 2.43 bits per heavy atom. The van der Waals surface area contributed by atoms with Gasteiger partial charge in [0.05, 0.1) is 22.3 Å². The normalized spacial score (nSPS) is 15.9. The Balaban J connectivity index is 2.30. The molecular formula is C10H7N5O6. The molecule has 0 saturated carbocycles. The van der Waals surface area contributed by atoms with Crippen LogP contribution in [0.4, 0.5) is 17.1 Å². The van der Waals surface area contributed by atoms with Gasteiger partial charge in [0, 0.05) is 6.07 Å². The van der Waals surface area contributed by atoms with Crippen LogP contribution in [0.25, 0.3) is 0 Å². The maximum absolute atomic E-state index is 11.2. The number of carbonyl (C=O) groups excluding carboxylic acids is 2. The topological polar surface area (TPSA) is 157 Å². The molecule has 1 fully saturated rings. The minimum absolute atomic E-state index is 0.132. The Kier molecular flexibility index (Phi) is 3.56. The third-order valence-corrected chi connectivity index (χ3v) is 2.54. The first-order chi connectivity index (χ1) is 9.88. The van der Waals surface area contributed by atoms with Gasteiger partial charge in [0.2, 0.25) is 5.91 Å². The molecule has 0 unspecified atom stereocenters. The van der Waals surface area contributed by atoms with E-state index >= 15 is 0 Å². The van der Waals surface area contributed by atoms with Gasteiger partial charge < -0.3 is 0 Å². The molecule has 1 aliphatic rings. The third-order valence-electron chi connectivity index (χ3n) is 2.54. The van der Waals surface area contributed by atoms with Gasteiger partial charge in [-0.2, -0.15) is 5.10 Å². The molecule has 0 spiro atoms. The van der Waals surface area contributed by atoms with Crippen molar-refractivity contribution in [2.75, 3.05) is 5.43 Å². The van der Waals surface area contributed by atoms with Crippen LogP contribution in [0.15, 0.2) is 23.3 Å². The van der Waals surface area contributed by atoms with E-state index in [2.05, 4.69) is 10.5 Å². The first-order valence-corrected chi connectivity index (χ1v) is 5.48. The van der Waals surface area contributed by atoms with Gasteiger partial charge in [-0.25, -0.2) is 0 Å². The number of anilines is 1. The molecule has 0 bridgehead atoms. The van der Waals surface area contributed by atoms with Crippen LogP contribution in [0.3, 0.4) is 0 Å². The van der Waals surface area contributed by atoms with Crippen molar-refractivity contribution in [1.29, 1.82) is 0 Å². The lowest BCUT2D eigenvalue weighted by Crippen LogP contribution is -2.22. The summed E-state index contributed by atoms with van der Waals surface area (Å²) in [6.45, 7) is 0. The molecule has 1 saturated heterocycles. The number of amides is 2. The molecule has 1 aliphatic heterocycles. The Morgan fingerprint density at radius 2 is 1.90 bits per heavy atom. The largest absolute Gasteiger partial charge is 0.301 e. The number of hydrazone groups is 1. The summed E-state index contributed by atoms with van der Waals surface area (Å²) in [6, 6.07) is 2.91. The summed E-state index contributed by atoms with van der Waals surface area (Å²) in [4.78, 5) is 42.0. The van der Waals surface area contributed by atoms with E-state index in [9.17, 15) is 29.8 Å². The second kappa shape index (κ2) is 5.32. The van der Waals surface area contributed by atoms with E-state index in [1.807, 2.05) is 5.32 Å². The minimum Gasteiger partial charge on any atom is -0.291 e. The van der Waals surface area contributed by atoms with Crippen molar-refractivity contribution in [3.05, 3.63) is 38.4 Å². The summed E-state index contributed by atoms with van der Waals surface area (Å²) in [5.41, 5.74) is 0.977. The molecule has 0 aliphatic carbocycles. The average molecular weight is 293 g/mol. The summed E-state index contributed by atoms with van der Waals surface area (Å²) in [7, 11) is 0. The zero-order valence-corrected chi connectivity index (χ0v) is 10.2. The molecule has 0 atom stereocenters. The maximum Gasteiger partial charge on any atom is 0.301 e. The molecular weight excluding hydrogens is 286 g/mol. The fourth-order valence-corrected chi connectivity index (χ4v) is 1.57. The van der Waals surface area contributed by atoms with E-state index in [0.717, 1.165) is 18.2 Å². The fraction of sp³-hybridized carbons (Fsp3) is 0.100. The van der Waals surface area contributed by atoms with Gasteiger partial charge in [-0.3, -0.25) is 40.6 Å². The maximum atomic E-state index is 11.2. The van der Waals surface area contributed by atoms with Crippen molar-refractivity contribution in [2.45, 2.75) is 6.42 Å². The fourth-order valence-electron chi connectivity index (χ4n) is 1.57. The van der Waals surface area contributed by atoms with Crippen LogP contribution in [0.1, 0.15) is 6.42 Å². The van der Waals surface area contributed by atoms with Crippen LogP contribution in [-0.2, 0) is 9.59 Å². The highest BCUT2D eigenvalue weighted by molar-refractivity contribution is 6.49. The zero-order chi connectivity index (χ0) is 15.6. The lowest BCUT2D eigenvalue weighted by molar-refractivity contribution is -0.393. The van der Waals surface area contributed by atoms with Crippen LogP contribution >= 0.6 is 0 Å².